The second-order valence-corrected chi connectivity index (χ2v) is 5.93. The molecule has 3 rings (SSSR count). The molecule has 0 amide bonds. The van der Waals surface area contributed by atoms with E-state index in [9.17, 15) is 4.79 Å². The average molecular weight is 302 g/mol. The summed E-state index contributed by atoms with van der Waals surface area (Å²) in [4.78, 5) is 12.9. The second-order valence-electron chi connectivity index (χ2n) is 4.98. The highest BCUT2D eigenvalue weighted by molar-refractivity contribution is 7.10. The van der Waals surface area contributed by atoms with Crippen LogP contribution in [0.1, 0.15) is 35.9 Å². The van der Waals surface area contributed by atoms with E-state index in [-0.39, 0.29) is 11.8 Å². The molecule has 0 bridgehead atoms. The minimum absolute atomic E-state index is 0.181. The topological polar surface area (TPSA) is 61.2 Å². The maximum Gasteiger partial charge on any atom is 0.419 e. The van der Waals surface area contributed by atoms with E-state index in [0.717, 1.165) is 17.5 Å². The lowest BCUT2D eigenvalue weighted by atomic mass is 10.0. The average Bonchev–Trinajstić information content (AvgIpc) is 3.08. The summed E-state index contributed by atoms with van der Waals surface area (Å²) < 4.78 is 6.93. The first-order valence-corrected chi connectivity index (χ1v) is 7.98. The standard InChI is InChI=1S/C16H18N2O2S/c1-3-10-7-8-21-15(10)14(17)11-5-6-12-13(9-11)20-16(19)18(12)4-2/h5-9,14H,3-4,17H2,1-2H3. The SMILES string of the molecule is CCc1ccsc1C(N)c1ccc2c(c1)oc(=O)n2CC. The monoisotopic (exact) mass is 302 g/mol. The zero-order chi connectivity index (χ0) is 15.0. The fourth-order valence-corrected chi connectivity index (χ4v) is 3.66. The summed E-state index contributed by atoms with van der Waals surface area (Å²) in [7, 11) is 0. The molecule has 0 saturated heterocycles. The number of nitrogens with two attached hydrogens (primary N) is 1. The minimum Gasteiger partial charge on any atom is -0.408 e. The van der Waals surface area contributed by atoms with Crippen LogP contribution in [0.3, 0.4) is 0 Å². The minimum atomic E-state index is -0.316. The quantitative estimate of drug-likeness (QED) is 0.804. The lowest BCUT2D eigenvalue weighted by Gasteiger charge is -2.12. The highest BCUT2D eigenvalue weighted by atomic mass is 32.1. The molecule has 110 valence electrons. The van der Waals surface area contributed by atoms with E-state index in [1.807, 2.05) is 25.1 Å². The van der Waals surface area contributed by atoms with E-state index in [1.54, 1.807) is 15.9 Å². The van der Waals surface area contributed by atoms with Crippen molar-refractivity contribution in [2.24, 2.45) is 5.73 Å². The molecule has 0 spiro atoms. The number of hydrogen-bond acceptors (Lipinski definition) is 4. The van der Waals surface area contributed by atoms with Gasteiger partial charge in [0, 0.05) is 11.4 Å². The fourth-order valence-electron chi connectivity index (χ4n) is 2.64. The lowest BCUT2D eigenvalue weighted by Crippen LogP contribution is -2.12. The Morgan fingerprint density at radius 2 is 2.14 bits per heavy atom. The third kappa shape index (κ3) is 2.32. The molecular weight excluding hydrogens is 284 g/mol. The van der Waals surface area contributed by atoms with Crippen LogP contribution in [0.5, 0.6) is 0 Å². The number of rotatable bonds is 4. The molecule has 0 aliphatic carbocycles. The van der Waals surface area contributed by atoms with Crippen molar-refractivity contribution in [3.8, 4) is 0 Å². The Balaban J connectivity index is 2.07. The van der Waals surface area contributed by atoms with Gasteiger partial charge in [-0.15, -0.1) is 11.3 Å². The summed E-state index contributed by atoms with van der Waals surface area (Å²) in [5, 5.41) is 2.07. The molecule has 0 aliphatic rings. The van der Waals surface area contributed by atoms with Crippen LogP contribution >= 0.6 is 11.3 Å². The Hall–Kier alpha value is -1.85. The van der Waals surface area contributed by atoms with E-state index in [2.05, 4.69) is 18.4 Å². The maximum atomic E-state index is 11.7. The van der Waals surface area contributed by atoms with E-state index in [4.69, 9.17) is 10.2 Å². The first-order chi connectivity index (χ1) is 10.2. The first kappa shape index (κ1) is 14.1. The second kappa shape index (κ2) is 5.50. The van der Waals surface area contributed by atoms with Gasteiger partial charge in [0.15, 0.2) is 5.58 Å². The Morgan fingerprint density at radius 3 is 2.86 bits per heavy atom. The van der Waals surface area contributed by atoms with Crippen LogP contribution in [0.4, 0.5) is 0 Å². The van der Waals surface area contributed by atoms with Gasteiger partial charge in [0.25, 0.3) is 0 Å². The van der Waals surface area contributed by atoms with Crippen LogP contribution in [0.15, 0.2) is 38.9 Å². The summed E-state index contributed by atoms with van der Waals surface area (Å²) in [6, 6.07) is 7.71. The number of fused-ring (bicyclic) bond motifs is 1. The van der Waals surface area contributed by atoms with Crippen LogP contribution in [-0.4, -0.2) is 4.57 Å². The third-order valence-corrected chi connectivity index (χ3v) is 4.85. The van der Waals surface area contributed by atoms with Crippen molar-refractivity contribution in [1.29, 1.82) is 0 Å². The molecule has 1 aromatic carbocycles. The van der Waals surface area contributed by atoms with Crippen molar-refractivity contribution in [2.45, 2.75) is 32.9 Å². The largest absolute Gasteiger partial charge is 0.419 e. The van der Waals surface area contributed by atoms with E-state index in [0.29, 0.717) is 12.1 Å². The number of aromatic nitrogens is 1. The van der Waals surface area contributed by atoms with Gasteiger partial charge in [0.05, 0.1) is 11.6 Å². The molecule has 0 fully saturated rings. The number of hydrogen-bond donors (Lipinski definition) is 1. The number of thiophene rings is 1. The summed E-state index contributed by atoms with van der Waals surface area (Å²) in [5.74, 6) is -0.316. The van der Waals surface area contributed by atoms with Crippen LogP contribution < -0.4 is 11.5 Å². The van der Waals surface area contributed by atoms with Crippen molar-refractivity contribution in [3.63, 3.8) is 0 Å². The van der Waals surface area contributed by atoms with Gasteiger partial charge in [-0.2, -0.15) is 0 Å². The van der Waals surface area contributed by atoms with Crippen LogP contribution in [-0.2, 0) is 13.0 Å². The molecule has 1 atom stereocenters. The molecule has 0 aliphatic heterocycles. The summed E-state index contributed by atoms with van der Waals surface area (Å²) in [6.45, 7) is 4.65. The molecule has 2 N–H and O–H groups in total. The van der Waals surface area contributed by atoms with Crippen molar-refractivity contribution < 1.29 is 4.42 Å². The highest BCUT2D eigenvalue weighted by Gasteiger charge is 2.16. The molecule has 5 heteroatoms. The Bertz CT molecular complexity index is 828. The molecule has 2 heterocycles. The molecule has 3 aromatic rings. The van der Waals surface area contributed by atoms with Gasteiger partial charge in [0.2, 0.25) is 0 Å². The number of aryl methyl sites for hydroxylation is 2. The van der Waals surface area contributed by atoms with Gasteiger partial charge in [0.1, 0.15) is 0 Å². The van der Waals surface area contributed by atoms with E-state index >= 15 is 0 Å². The van der Waals surface area contributed by atoms with Crippen molar-refractivity contribution in [1.82, 2.24) is 4.57 Å². The number of nitrogens with zero attached hydrogens (tertiary/aromatic N) is 1. The van der Waals surface area contributed by atoms with Gasteiger partial charge in [-0.3, -0.25) is 4.57 Å². The first-order valence-electron chi connectivity index (χ1n) is 7.10. The summed E-state index contributed by atoms with van der Waals surface area (Å²) >= 11 is 1.67. The van der Waals surface area contributed by atoms with Gasteiger partial charge in [-0.05, 0) is 48.1 Å². The Kier molecular flexibility index (Phi) is 3.69. The van der Waals surface area contributed by atoms with Crippen molar-refractivity contribution >= 4 is 22.4 Å². The predicted molar refractivity (Wildman–Crippen MR) is 85.9 cm³/mol. The van der Waals surface area contributed by atoms with Crippen molar-refractivity contribution in [3.05, 3.63) is 56.2 Å². The van der Waals surface area contributed by atoms with Gasteiger partial charge in [-0.1, -0.05) is 13.0 Å². The van der Waals surface area contributed by atoms with Crippen molar-refractivity contribution in [2.75, 3.05) is 0 Å². The Labute approximate surface area is 126 Å². The number of benzene rings is 1. The summed E-state index contributed by atoms with van der Waals surface area (Å²) in [5.41, 5.74) is 10.1. The van der Waals surface area contributed by atoms with E-state index in [1.165, 1.54) is 10.4 Å². The molecule has 0 radical (unpaired) electrons. The molecule has 4 nitrogen and oxygen atoms in total. The van der Waals surface area contributed by atoms with E-state index < -0.39 is 0 Å². The molecule has 0 saturated carbocycles. The summed E-state index contributed by atoms with van der Waals surface area (Å²) in [6.07, 6.45) is 0.968. The zero-order valence-corrected chi connectivity index (χ0v) is 12.9. The van der Waals surface area contributed by atoms with Crippen LogP contribution in [0, 0.1) is 0 Å². The number of oxazole rings is 1. The molecular formula is C16H18N2O2S. The van der Waals surface area contributed by atoms with Gasteiger partial charge in [-0.25, -0.2) is 4.79 Å². The molecule has 2 aromatic heterocycles. The maximum absolute atomic E-state index is 11.7. The zero-order valence-electron chi connectivity index (χ0n) is 12.1. The molecule has 1 unspecified atom stereocenters. The third-order valence-electron chi connectivity index (χ3n) is 3.81. The van der Waals surface area contributed by atoms with Gasteiger partial charge < -0.3 is 10.2 Å². The van der Waals surface area contributed by atoms with Gasteiger partial charge >= 0.3 is 5.76 Å². The van der Waals surface area contributed by atoms with Crippen LogP contribution in [0.2, 0.25) is 0 Å². The van der Waals surface area contributed by atoms with Crippen LogP contribution in [0.25, 0.3) is 11.1 Å². The highest BCUT2D eigenvalue weighted by Crippen LogP contribution is 2.29. The predicted octanol–water partition coefficient (Wildman–Crippen LogP) is 3.29. The Morgan fingerprint density at radius 1 is 1.33 bits per heavy atom. The lowest BCUT2D eigenvalue weighted by molar-refractivity contribution is 0.513. The fraction of sp³-hybridized carbons (Fsp3) is 0.312. The molecule has 21 heavy (non-hydrogen) atoms. The normalized spacial score (nSPS) is 12.9. The smallest absolute Gasteiger partial charge is 0.408 e.